The fourth-order valence-electron chi connectivity index (χ4n) is 2.39. The molecule has 6 heteroatoms. The maximum atomic E-state index is 12.1. The van der Waals surface area contributed by atoms with E-state index in [1.807, 2.05) is 5.43 Å². The Kier molecular flexibility index (Phi) is 4.13. The van der Waals surface area contributed by atoms with E-state index in [0.717, 1.165) is 12.8 Å². The van der Waals surface area contributed by atoms with Crippen LogP contribution in [-0.2, 0) is 11.3 Å². The van der Waals surface area contributed by atoms with Crippen LogP contribution in [0, 0.1) is 5.41 Å². The van der Waals surface area contributed by atoms with Crippen molar-refractivity contribution in [3.8, 4) is 0 Å². The molecule has 2 rings (SSSR count). The molecule has 6 nitrogen and oxygen atoms in total. The van der Waals surface area contributed by atoms with Crippen LogP contribution in [0.25, 0.3) is 0 Å². The topological polar surface area (TPSA) is 88.6 Å². The van der Waals surface area contributed by atoms with E-state index >= 15 is 0 Å². The summed E-state index contributed by atoms with van der Waals surface area (Å²) in [5.74, 6) is 4.93. The minimum atomic E-state index is -0.479. The average Bonchev–Trinajstić information content (AvgIpc) is 2.83. The Labute approximate surface area is 118 Å². The zero-order valence-electron chi connectivity index (χ0n) is 11.9. The Morgan fingerprint density at radius 3 is 2.95 bits per heavy atom. The fourth-order valence-corrected chi connectivity index (χ4v) is 2.39. The Bertz CT molecular complexity index is 508. The number of amides is 2. The molecule has 0 saturated carbocycles. The van der Waals surface area contributed by atoms with Crippen LogP contribution in [0.3, 0.4) is 0 Å². The molecule has 0 aliphatic carbocycles. The molecular formula is C14H21N3O3. The maximum absolute atomic E-state index is 12.1. The first-order valence-corrected chi connectivity index (χ1v) is 6.78. The van der Waals surface area contributed by atoms with Crippen LogP contribution in [0.15, 0.2) is 16.7 Å². The molecule has 2 amide bonds. The predicted octanol–water partition coefficient (Wildman–Crippen LogP) is 1.42. The summed E-state index contributed by atoms with van der Waals surface area (Å²) >= 11 is 0. The number of nitrogens with one attached hydrogen (secondary N) is 1. The molecule has 0 radical (unpaired) electrons. The van der Waals surface area contributed by atoms with Gasteiger partial charge >= 0.3 is 5.91 Å². The van der Waals surface area contributed by atoms with E-state index in [0.29, 0.717) is 25.1 Å². The largest absolute Gasteiger partial charge is 0.459 e. The van der Waals surface area contributed by atoms with Gasteiger partial charge in [-0.3, -0.25) is 15.0 Å². The number of nitrogens with two attached hydrogens (primary N) is 1. The van der Waals surface area contributed by atoms with Crippen LogP contribution in [0.1, 0.15) is 49.2 Å². The van der Waals surface area contributed by atoms with Crippen LogP contribution in [0.2, 0.25) is 0 Å². The van der Waals surface area contributed by atoms with Gasteiger partial charge in [0.1, 0.15) is 0 Å². The van der Waals surface area contributed by atoms with Crippen molar-refractivity contribution in [3.63, 3.8) is 0 Å². The smallest absolute Gasteiger partial charge is 0.301 e. The van der Waals surface area contributed by atoms with Crippen molar-refractivity contribution in [2.75, 3.05) is 6.54 Å². The van der Waals surface area contributed by atoms with Crippen molar-refractivity contribution >= 4 is 11.8 Å². The molecule has 3 N–H and O–H groups in total. The van der Waals surface area contributed by atoms with Gasteiger partial charge in [0.2, 0.25) is 5.91 Å². The van der Waals surface area contributed by atoms with Gasteiger partial charge in [0.05, 0.1) is 6.26 Å². The molecule has 0 bridgehead atoms. The van der Waals surface area contributed by atoms with Gasteiger partial charge in [-0.1, -0.05) is 13.8 Å². The number of nitrogen functional groups attached to an aromatic ring is 1. The number of hydrogen-bond acceptors (Lipinski definition) is 4. The third kappa shape index (κ3) is 3.19. The Morgan fingerprint density at radius 2 is 2.25 bits per heavy atom. The van der Waals surface area contributed by atoms with Crippen molar-refractivity contribution in [3.05, 3.63) is 23.7 Å². The van der Waals surface area contributed by atoms with E-state index in [1.54, 1.807) is 11.0 Å². The SMILES string of the molecule is CC1(C)CCC(=O)N(Cc2ccoc2C(=O)NN)CC1. The highest BCUT2D eigenvalue weighted by Crippen LogP contribution is 2.31. The summed E-state index contributed by atoms with van der Waals surface area (Å²) in [7, 11) is 0. The molecule has 1 saturated heterocycles. The molecule has 1 aromatic heterocycles. The highest BCUT2D eigenvalue weighted by Gasteiger charge is 2.28. The first kappa shape index (κ1) is 14.6. The predicted molar refractivity (Wildman–Crippen MR) is 73.4 cm³/mol. The quantitative estimate of drug-likeness (QED) is 0.497. The van der Waals surface area contributed by atoms with E-state index in [9.17, 15) is 9.59 Å². The van der Waals surface area contributed by atoms with Gasteiger partial charge in [-0.15, -0.1) is 0 Å². The van der Waals surface area contributed by atoms with E-state index < -0.39 is 5.91 Å². The second-order valence-electron chi connectivity index (χ2n) is 5.98. The maximum Gasteiger partial charge on any atom is 0.301 e. The van der Waals surface area contributed by atoms with Gasteiger partial charge in [0.25, 0.3) is 0 Å². The zero-order valence-corrected chi connectivity index (χ0v) is 11.9. The third-order valence-corrected chi connectivity index (χ3v) is 3.87. The zero-order chi connectivity index (χ0) is 14.8. The van der Waals surface area contributed by atoms with Crippen molar-refractivity contribution in [2.24, 2.45) is 11.3 Å². The van der Waals surface area contributed by atoms with E-state index in [-0.39, 0.29) is 17.1 Å². The standard InChI is InChI=1S/C14H21N3O3/c1-14(2)5-3-11(18)17(7-6-14)9-10-4-8-20-12(10)13(19)16-15/h4,8H,3,5-7,9,15H2,1-2H3,(H,16,19). The summed E-state index contributed by atoms with van der Waals surface area (Å²) in [4.78, 5) is 25.5. The van der Waals surface area contributed by atoms with Gasteiger partial charge in [-0.25, -0.2) is 5.84 Å². The Hall–Kier alpha value is -1.82. The number of nitrogens with zero attached hydrogens (tertiary/aromatic N) is 1. The normalized spacial score (nSPS) is 18.8. The number of hydrogen-bond donors (Lipinski definition) is 2. The van der Waals surface area contributed by atoms with E-state index in [1.165, 1.54) is 6.26 Å². The summed E-state index contributed by atoms with van der Waals surface area (Å²) in [6, 6.07) is 1.70. The van der Waals surface area contributed by atoms with Crippen LogP contribution in [0.5, 0.6) is 0 Å². The highest BCUT2D eigenvalue weighted by atomic mass is 16.3. The molecule has 0 atom stereocenters. The monoisotopic (exact) mass is 279 g/mol. The van der Waals surface area contributed by atoms with Gasteiger partial charge in [-0.2, -0.15) is 0 Å². The number of rotatable bonds is 3. The molecule has 2 heterocycles. The first-order chi connectivity index (χ1) is 9.43. The van der Waals surface area contributed by atoms with Crippen molar-refractivity contribution in [2.45, 2.75) is 39.7 Å². The second kappa shape index (κ2) is 5.66. The van der Waals surface area contributed by atoms with Crippen LogP contribution in [0.4, 0.5) is 0 Å². The molecule has 0 spiro atoms. The van der Waals surface area contributed by atoms with Crippen LogP contribution >= 0.6 is 0 Å². The lowest BCUT2D eigenvalue weighted by molar-refractivity contribution is -0.131. The molecular weight excluding hydrogens is 258 g/mol. The lowest BCUT2D eigenvalue weighted by Crippen LogP contribution is -2.33. The van der Waals surface area contributed by atoms with Gasteiger partial charge in [0, 0.05) is 25.1 Å². The highest BCUT2D eigenvalue weighted by molar-refractivity contribution is 5.92. The second-order valence-corrected chi connectivity index (χ2v) is 5.98. The minimum Gasteiger partial charge on any atom is -0.459 e. The molecule has 110 valence electrons. The molecule has 0 aromatic carbocycles. The fraction of sp³-hybridized carbons (Fsp3) is 0.571. The molecule has 20 heavy (non-hydrogen) atoms. The van der Waals surface area contributed by atoms with Crippen LogP contribution < -0.4 is 11.3 Å². The number of hydrazine groups is 1. The Morgan fingerprint density at radius 1 is 1.50 bits per heavy atom. The number of carbonyl (C=O) groups is 2. The summed E-state index contributed by atoms with van der Waals surface area (Å²) < 4.78 is 5.14. The molecule has 1 fully saturated rings. The summed E-state index contributed by atoms with van der Waals surface area (Å²) in [5.41, 5.74) is 2.91. The number of carbonyl (C=O) groups excluding carboxylic acids is 2. The Balaban J connectivity index is 2.11. The lowest BCUT2D eigenvalue weighted by atomic mass is 9.85. The van der Waals surface area contributed by atoms with Crippen molar-refractivity contribution in [1.82, 2.24) is 10.3 Å². The number of likely N-dealkylation sites (tertiary alicyclic amines) is 1. The molecule has 0 unspecified atom stereocenters. The average molecular weight is 279 g/mol. The van der Waals surface area contributed by atoms with Gasteiger partial charge < -0.3 is 9.32 Å². The van der Waals surface area contributed by atoms with E-state index in [4.69, 9.17) is 10.3 Å². The van der Waals surface area contributed by atoms with Gasteiger partial charge in [-0.05, 0) is 24.3 Å². The molecule has 1 aromatic rings. The first-order valence-electron chi connectivity index (χ1n) is 6.78. The minimum absolute atomic E-state index is 0.121. The van der Waals surface area contributed by atoms with Crippen molar-refractivity contribution < 1.29 is 14.0 Å². The third-order valence-electron chi connectivity index (χ3n) is 3.87. The van der Waals surface area contributed by atoms with Crippen molar-refractivity contribution in [1.29, 1.82) is 0 Å². The summed E-state index contributed by atoms with van der Waals surface area (Å²) in [6.07, 6.45) is 3.83. The summed E-state index contributed by atoms with van der Waals surface area (Å²) in [5, 5.41) is 0. The van der Waals surface area contributed by atoms with Gasteiger partial charge in [0.15, 0.2) is 5.76 Å². The lowest BCUT2D eigenvalue weighted by Gasteiger charge is -2.23. The molecule has 1 aliphatic heterocycles. The summed E-state index contributed by atoms with van der Waals surface area (Å²) in [6.45, 7) is 5.43. The number of furan rings is 1. The van der Waals surface area contributed by atoms with E-state index in [2.05, 4.69) is 13.8 Å². The molecule has 1 aliphatic rings. The van der Waals surface area contributed by atoms with Crippen LogP contribution in [-0.4, -0.2) is 23.3 Å².